The monoisotopic (exact) mass is 1130 g/mol. The predicted molar refractivity (Wildman–Crippen MR) is 350 cm³/mol. The van der Waals surface area contributed by atoms with Crippen molar-refractivity contribution in [2.24, 2.45) is 5.41 Å². The van der Waals surface area contributed by atoms with Crippen LogP contribution < -0.4 is 0 Å². The molecule has 0 aromatic rings. The zero-order chi connectivity index (χ0) is 53.2. The van der Waals surface area contributed by atoms with Crippen LogP contribution in [0.15, 0.2) is 0 Å². The third kappa shape index (κ3) is 56.6. The number of hydrogen-bond donors (Lipinski definition) is 0. The Kier molecular flexibility index (Phi) is 63.8. The van der Waals surface area contributed by atoms with Gasteiger partial charge in [0.05, 0.1) is 0 Å². The molecule has 0 atom stereocenters. The average molecular weight is 1130 g/mol. The Labute approximate surface area is 491 Å². The van der Waals surface area contributed by atoms with Crippen molar-refractivity contribution in [1.82, 2.24) is 0 Å². The van der Waals surface area contributed by atoms with Crippen LogP contribution in [0.4, 0.5) is 0 Å². The summed E-state index contributed by atoms with van der Waals surface area (Å²) in [5.74, 6) is 0. The van der Waals surface area contributed by atoms with E-state index in [2.05, 4.69) is 27.7 Å². The molecule has 0 heterocycles. The first-order valence-corrected chi connectivity index (χ1v) is 34.1. The maximum absolute atomic E-state index is 6.50. The molecule has 0 amide bonds. The highest BCUT2D eigenvalue weighted by atomic mass is 32.1. The average Bonchev–Trinajstić information content (AvgIpc) is 3.39. The van der Waals surface area contributed by atoms with Gasteiger partial charge in [-0.25, -0.2) is 0 Å². The number of hydrogen-bond acceptors (Lipinski definition) is 8. The summed E-state index contributed by atoms with van der Waals surface area (Å²) in [5.41, 5.74) is -0.664. The van der Waals surface area contributed by atoms with E-state index in [1.165, 1.54) is 283 Å². The zero-order valence-electron chi connectivity index (χ0n) is 49.9. The fourth-order valence-corrected chi connectivity index (χ4v) is 10.7. The summed E-state index contributed by atoms with van der Waals surface area (Å²) in [7, 11) is 0. The summed E-state index contributed by atoms with van der Waals surface area (Å²) >= 11 is 23.6. The SMILES string of the molecule is CCCCCCCCCCCCCCC(=S)OCC(COC(=S)CCCCCCCCCCCCCC)(COC(=S)CCCCCCCCCCCCCC)COC(=S)CCCCCCCCCCCCCC.S. The van der Waals surface area contributed by atoms with Crippen LogP contribution in [0.3, 0.4) is 0 Å². The number of thiocarbonyl (C=S) groups is 4. The lowest BCUT2D eigenvalue weighted by Gasteiger charge is -2.33. The Bertz CT molecular complexity index is 1020. The molecule has 440 valence electrons. The van der Waals surface area contributed by atoms with Crippen LogP contribution in [0.2, 0.25) is 0 Å². The molecule has 0 fully saturated rings. The molecule has 0 aliphatic carbocycles. The highest BCUT2D eigenvalue weighted by Gasteiger charge is 2.36. The van der Waals surface area contributed by atoms with Gasteiger partial charge in [-0.1, -0.05) is 310 Å². The second kappa shape index (κ2) is 62.1. The molecule has 0 aromatic heterocycles. The van der Waals surface area contributed by atoms with E-state index in [4.69, 9.17) is 67.8 Å². The van der Waals surface area contributed by atoms with Gasteiger partial charge >= 0.3 is 0 Å². The van der Waals surface area contributed by atoms with Crippen LogP contribution in [0.25, 0.3) is 0 Å². The second-order valence-corrected chi connectivity index (χ2v) is 24.5. The quantitative estimate of drug-likeness (QED) is 0.0441. The molecule has 0 saturated carbocycles. The minimum absolute atomic E-state index is 0. The Balaban J connectivity index is 0. The fourth-order valence-electron chi connectivity index (χ4n) is 9.91. The molecule has 0 spiro atoms. The fraction of sp³-hybridized carbons (Fsp3) is 0.938. The van der Waals surface area contributed by atoms with E-state index in [1.54, 1.807) is 0 Å². The minimum atomic E-state index is -0.664. The lowest BCUT2D eigenvalue weighted by atomic mass is 9.92. The van der Waals surface area contributed by atoms with Gasteiger partial charge in [0.25, 0.3) is 0 Å². The highest BCUT2D eigenvalue weighted by molar-refractivity contribution is 7.80. The third-order valence-corrected chi connectivity index (χ3v) is 16.4. The van der Waals surface area contributed by atoms with Gasteiger partial charge in [0.2, 0.25) is 0 Å². The summed E-state index contributed by atoms with van der Waals surface area (Å²) in [4.78, 5) is 0. The molecule has 9 heteroatoms. The van der Waals surface area contributed by atoms with Crippen molar-refractivity contribution in [3.8, 4) is 0 Å². The lowest BCUT2D eigenvalue weighted by molar-refractivity contribution is -0.0163. The normalized spacial score (nSPS) is 11.4. The topological polar surface area (TPSA) is 36.9 Å². The molecule has 0 radical (unpaired) electrons. The first kappa shape index (κ1) is 76.0. The standard InChI is InChI=1S/C65H124O4S4.H2S/c1-5-9-13-17-21-25-29-33-37-41-45-49-53-61(70)66-57-65(58-67-62(71)54-50-46-42-38-34-30-26-22-18-14-10-6-2,59-68-63(72)55-51-47-43-39-35-31-27-23-19-15-11-7-3)60-69-64(73)56-52-48-44-40-36-32-28-24-20-16-12-8-4;/h5-60H2,1-4H3;1H2. The highest BCUT2D eigenvalue weighted by Crippen LogP contribution is 2.25. The molecular weight excluding hydrogens is 1010 g/mol. The van der Waals surface area contributed by atoms with Crippen LogP contribution >= 0.6 is 62.4 Å². The first-order valence-electron chi connectivity index (χ1n) is 32.4. The van der Waals surface area contributed by atoms with Gasteiger partial charge in [-0.2, -0.15) is 13.5 Å². The molecule has 0 saturated heterocycles. The minimum Gasteiger partial charge on any atom is -0.486 e. The Morgan fingerprint density at radius 2 is 0.338 bits per heavy atom. The van der Waals surface area contributed by atoms with Gasteiger partial charge in [0.1, 0.15) is 31.8 Å². The maximum Gasteiger partial charge on any atom is 0.159 e. The van der Waals surface area contributed by atoms with Crippen LogP contribution in [0.5, 0.6) is 0 Å². The van der Waals surface area contributed by atoms with Crippen molar-refractivity contribution >= 4 is 82.6 Å². The summed E-state index contributed by atoms with van der Waals surface area (Å²) in [6.45, 7) is 10.5. The largest absolute Gasteiger partial charge is 0.486 e. The number of unbranched alkanes of at least 4 members (excludes halogenated alkanes) is 44. The zero-order valence-corrected chi connectivity index (χ0v) is 54.1. The summed E-state index contributed by atoms with van der Waals surface area (Å²) < 4.78 is 26.0. The molecule has 0 aliphatic rings. The molecule has 0 N–H and O–H groups in total. The van der Waals surface area contributed by atoms with Crippen LogP contribution in [0.1, 0.15) is 362 Å². The van der Waals surface area contributed by atoms with Crippen molar-refractivity contribution in [1.29, 1.82) is 0 Å². The summed E-state index contributed by atoms with van der Waals surface area (Å²) in [6.07, 6.45) is 66.5. The van der Waals surface area contributed by atoms with Crippen LogP contribution in [0, 0.1) is 5.41 Å². The molecule has 0 bridgehead atoms. The van der Waals surface area contributed by atoms with Gasteiger partial charge in [-0.05, 0) is 74.6 Å². The van der Waals surface area contributed by atoms with Gasteiger partial charge in [0, 0.05) is 25.7 Å². The number of rotatable bonds is 60. The van der Waals surface area contributed by atoms with Gasteiger partial charge in [-0.3, -0.25) is 0 Å². The molecule has 0 aliphatic heterocycles. The summed E-state index contributed by atoms with van der Waals surface area (Å²) in [6, 6.07) is 0. The maximum atomic E-state index is 6.50. The van der Waals surface area contributed by atoms with E-state index in [0.29, 0.717) is 46.6 Å². The van der Waals surface area contributed by atoms with E-state index >= 15 is 0 Å². The smallest absolute Gasteiger partial charge is 0.159 e. The van der Waals surface area contributed by atoms with Gasteiger partial charge in [-0.15, -0.1) is 0 Å². The Hall–Kier alpha value is -0.0900. The number of ether oxygens (including phenoxy) is 4. The second-order valence-electron chi connectivity index (χ2n) is 22.7. The third-order valence-electron chi connectivity index (χ3n) is 15.1. The van der Waals surface area contributed by atoms with E-state index in [0.717, 1.165) is 51.4 Å². The molecule has 4 nitrogen and oxygen atoms in total. The van der Waals surface area contributed by atoms with Gasteiger partial charge in [0.15, 0.2) is 20.2 Å². The van der Waals surface area contributed by atoms with Crippen molar-refractivity contribution in [2.75, 3.05) is 26.4 Å². The first-order chi connectivity index (χ1) is 35.8. The van der Waals surface area contributed by atoms with E-state index in [1.807, 2.05) is 0 Å². The van der Waals surface area contributed by atoms with Crippen molar-refractivity contribution in [3.05, 3.63) is 0 Å². The predicted octanol–water partition coefficient (Wildman–Crippen LogP) is 23.8. The van der Waals surface area contributed by atoms with Gasteiger partial charge < -0.3 is 18.9 Å². The van der Waals surface area contributed by atoms with Crippen molar-refractivity contribution in [3.63, 3.8) is 0 Å². The van der Waals surface area contributed by atoms with Crippen molar-refractivity contribution in [2.45, 2.75) is 362 Å². The van der Waals surface area contributed by atoms with Crippen LogP contribution in [-0.4, -0.2) is 46.6 Å². The molecular formula is C65H126O4S5. The molecule has 74 heavy (non-hydrogen) atoms. The van der Waals surface area contributed by atoms with E-state index in [9.17, 15) is 0 Å². The van der Waals surface area contributed by atoms with Crippen LogP contribution in [-0.2, 0) is 18.9 Å². The summed E-state index contributed by atoms with van der Waals surface area (Å²) in [5, 5.41) is 2.64. The van der Waals surface area contributed by atoms with Crippen molar-refractivity contribution < 1.29 is 18.9 Å². The van der Waals surface area contributed by atoms with E-state index < -0.39 is 5.41 Å². The van der Waals surface area contributed by atoms with E-state index in [-0.39, 0.29) is 13.5 Å². The molecule has 0 aromatic carbocycles. The lowest BCUT2D eigenvalue weighted by Crippen LogP contribution is -2.43. The molecule has 0 unspecified atom stereocenters. The Morgan fingerprint density at radius 1 is 0.216 bits per heavy atom. The Morgan fingerprint density at radius 3 is 0.473 bits per heavy atom. The molecule has 0 rings (SSSR count).